The molecule has 0 aromatic heterocycles. The molecule has 1 atom stereocenters. The summed E-state index contributed by atoms with van der Waals surface area (Å²) in [4.78, 5) is 7.44. The van der Waals surface area contributed by atoms with E-state index in [2.05, 4.69) is 48.4 Å². The Balaban J connectivity index is 2.24. The summed E-state index contributed by atoms with van der Waals surface area (Å²) in [5.74, 6) is 1.84. The predicted molar refractivity (Wildman–Crippen MR) is 105 cm³/mol. The second-order valence-electron chi connectivity index (χ2n) is 6.87. The van der Waals surface area contributed by atoms with Gasteiger partial charge in [0.15, 0.2) is 5.96 Å². The molecule has 5 nitrogen and oxygen atoms in total. The largest absolute Gasteiger partial charge is 0.496 e. The lowest BCUT2D eigenvalue weighted by Gasteiger charge is -2.34. The highest BCUT2D eigenvalue weighted by molar-refractivity contribution is 5.80. The van der Waals surface area contributed by atoms with Crippen molar-refractivity contribution in [3.8, 4) is 5.75 Å². The molecule has 0 saturated carbocycles. The van der Waals surface area contributed by atoms with Gasteiger partial charge >= 0.3 is 0 Å². The Labute approximate surface area is 152 Å². The molecule has 0 bridgehead atoms. The van der Waals surface area contributed by atoms with Crippen molar-refractivity contribution in [1.29, 1.82) is 0 Å². The maximum Gasteiger partial charge on any atom is 0.191 e. The van der Waals surface area contributed by atoms with Crippen molar-refractivity contribution >= 4 is 5.96 Å². The van der Waals surface area contributed by atoms with Gasteiger partial charge in [-0.25, -0.2) is 0 Å². The van der Waals surface area contributed by atoms with Crippen molar-refractivity contribution in [2.75, 3.05) is 33.3 Å². The molecule has 5 heteroatoms. The number of hydrogen-bond donors (Lipinski definition) is 2. The summed E-state index contributed by atoms with van der Waals surface area (Å²) in [7, 11) is 1.75. The number of nitrogens with one attached hydrogen (secondary N) is 2. The molecule has 1 fully saturated rings. The number of guanidine groups is 1. The van der Waals surface area contributed by atoms with Gasteiger partial charge in [0.2, 0.25) is 0 Å². The van der Waals surface area contributed by atoms with Crippen LogP contribution in [0.15, 0.2) is 29.3 Å². The molecule has 0 amide bonds. The summed E-state index contributed by atoms with van der Waals surface area (Å²) in [6.45, 7) is 10.2. The van der Waals surface area contributed by atoms with Gasteiger partial charge in [0, 0.05) is 18.2 Å². The van der Waals surface area contributed by atoms with Gasteiger partial charge in [-0.2, -0.15) is 0 Å². The van der Waals surface area contributed by atoms with Crippen LogP contribution in [0.4, 0.5) is 0 Å². The van der Waals surface area contributed by atoms with Gasteiger partial charge in [-0.05, 0) is 52.8 Å². The number of methoxy groups -OCH3 is 1. The molecule has 2 N–H and O–H groups in total. The van der Waals surface area contributed by atoms with Gasteiger partial charge < -0.3 is 15.4 Å². The third kappa shape index (κ3) is 5.92. The van der Waals surface area contributed by atoms with Gasteiger partial charge in [-0.15, -0.1) is 0 Å². The van der Waals surface area contributed by atoms with Gasteiger partial charge in [-0.3, -0.25) is 9.89 Å². The topological polar surface area (TPSA) is 48.9 Å². The number of ether oxygens (including phenoxy) is 1. The summed E-state index contributed by atoms with van der Waals surface area (Å²) in [5.41, 5.74) is 1.23. The van der Waals surface area contributed by atoms with E-state index in [9.17, 15) is 0 Å². The first kappa shape index (κ1) is 19.6. The number of nitrogens with zero attached hydrogens (tertiary/aromatic N) is 2. The van der Waals surface area contributed by atoms with Gasteiger partial charge in [0.05, 0.1) is 19.7 Å². The first-order valence-corrected chi connectivity index (χ1v) is 9.57. The average Bonchev–Trinajstić information content (AvgIpc) is 2.63. The lowest BCUT2D eigenvalue weighted by atomic mass is 10.0. The molecule has 0 radical (unpaired) electrons. The zero-order chi connectivity index (χ0) is 18.1. The molecule has 1 aromatic carbocycles. The van der Waals surface area contributed by atoms with E-state index in [0.29, 0.717) is 6.04 Å². The van der Waals surface area contributed by atoms with Gasteiger partial charge in [-0.1, -0.05) is 24.6 Å². The van der Waals surface area contributed by atoms with E-state index >= 15 is 0 Å². The minimum absolute atomic E-state index is 0.249. The molecule has 1 aromatic rings. The fourth-order valence-electron chi connectivity index (χ4n) is 3.35. The number of benzene rings is 1. The van der Waals surface area contributed by atoms with Crippen molar-refractivity contribution in [2.45, 2.75) is 52.1 Å². The molecule has 0 spiro atoms. The van der Waals surface area contributed by atoms with Crippen LogP contribution in [0.25, 0.3) is 0 Å². The fourth-order valence-corrected chi connectivity index (χ4v) is 3.35. The Morgan fingerprint density at radius 3 is 2.56 bits per heavy atom. The highest BCUT2D eigenvalue weighted by Gasteiger charge is 2.24. The van der Waals surface area contributed by atoms with E-state index in [4.69, 9.17) is 9.73 Å². The highest BCUT2D eigenvalue weighted by atomic mass is 16.5. The number of aliphatic imine (C=N–C) groups is 1. The molecule has 0 aliphatic carbocycles. The molecule has 25 heavy (non-hydrogen) atoms. The Kier molecular flexibility index (Phi) is 8.06. The summed E-state index contributed by atoms with van der Waals surface area (Å²) in [6.07, 6.45) is 3.86. The number of hydrogen-bond acceptors (Lipinski definition) is 3. The quantitative estimate of drug-likeness (QED) is 0.588. The molecular weight excluding hydrogens is 312 g/mol. The number of para-hydroxylation sites is 1. The van der Waals surface area contributed by atoms with Crippen LogP contribution < -0.4 is 15.4 Å². The first-order valence-electron chi connectivity index (χ1n) is 9.57. The molecular formula is C20H34N4O. The second-order valence-corrected chi connectivity index (χ2v) is 6.87. The standard InChI is InChI=1S/C20H34N4O/c1-5-21-20(23-16(2)3)22-15-18(24-13-9-6-10-14-24)17-11-7-8-12-19(17)25-4/h7-8,11-12,16,18H,5-6,9-10,13-15H2,1-4H3,(H2,21,22,23). The van der Waals surface area contributed by atoms with Crippen LogP contribution >= 0.6 is 0 Å². The molecule has 140 valence electrons. The van der Waals surface area contributed by atoms with E-state index in [1.807, 2.05) is 12.1 Å². The van der Waals surface area contributed by atoms with E-state index in [1.54, 1.807) is 7.11 Å². The van der Waals surface area contributed by atoms with Crippen LogP contribution in [-0.4, -0.2) is 50.2 Å². The maximum atomic E-state index is 5.63. The Hall–Kier alpha value is -1.75. The Morgan fingerprint density at radius 1 is 1.20 bits per heavy atom. The van der Waals surface area contributed by atoms with Crippen molar-refractivity contribution in [3.05, 3.63) is 29.8 Å². The maximum absolute atomic E-state index is 5.63. The molecule has 1 heterocycles. The van der Waals surface area contributed by atoms with E-state index in [-0.39, 0.29) is 6.04 Å². The van der Waals surface area contributed by atoms with Gasteiger partial charge in [0.25, 0.3) is 0 Å². The Morgan fingerprint density at radius 2 is 1.92 bits per heavy atom. The lowest BCUT2D eigenvalue weighted by Crippen LogP contribution is -2.42. The lowest BCUT2D eigenvalue weighted by molar-refractivity contribution is 0.165. The normalized spacial score (nSPS) is 17.4. The third-order valence-electron chi connectivity index (χ3n) is 4.52. The minimum Gasteiger partial charge on any atom is -0.496 e. The minimum atomic E-state index is 0.249. The van der Waals surface area contributed by atoms with Crippen LogP contribution in [-0.2, 0) is 0 Å². The van der Waals surface area contributed by atoms with Crippen LogP contribution in [0, 0.1) is 0 Å². The monoisotopic (exact) mass is 346 g/mol. The number of piperidine rings is 1. The van der Waals surface area contributed by atoms with E-state index < -0.39 is 0 Å². The van der Waals surface area contributed by atoms with Crippen LogP contribution in [0.5, 0.6) is 5.75 Å². The Bertz CT molecular complexity index is 538. The molecule has 1 aliphatic rings. The highest BCUT2D eigenvalue weighted by Crippen LogP contribution is 2.31. The molecule has 1 aliphatic heterocycles. The molecule has 1 unspecified atom stereocenters. The van der Waals surface area contributed by atoms with Crippen molar-refractivity contribution in [3.63, 3.8) is 0 Å². The zero-order valence-corrected chi connectivity index (χ0v) is 16.2. The first-order chi connectivity index (χ1) is 12.2. The smallest absolute Gasteiger partial charge is 0.191 e. The average molecular weight is 347 g/mol. The predicted octanol–water partition coefficient (Wildman–Crippen LogP) is 3.19. The van der Waals surface area contributed by atoms with E-state index in [1.165, 1.54) is 24.8 Å². The summed E-state index contributed by atoms with van der Waals surface area (Å²) < 4.78 is 5.63. The number of likely N-dealkylation sites (tertiary alicyclic amines) is 1. The number of rotatable bonds is 7. The van der Waals surface area contributed by atoms with Crippen LogP contribution in [0.1, 0.15) is 51.6 Å². The van der Waals surface area contributed by atoms with Crippen LogP contribution in [0.2, 0.25) is 0 Å². The van der Waals surface area contributed by atoms with Gasteiger partial charge in [0.1, 0.15) is 5.75 Å². The zero-order valence-electron chi connectivity index (χ0n) is 16.2. The molecule has 1 saturated heterocycles. The second kappa shape index (κ2) is 10.3. The van der Waals surface area contributed by atoms with Crippen LogP contribution in [0.3, 0.4) is 0 Å². The summed E-state index contributed by atoms with van der Waals surface area (Å²) in [6, 6.07) is 8.96. The van der Waals surface area contributed by atoms with Crippen molar-refractivity contribution < 1.29 is 4.74 Å². The fraction of sp³-hybridized carbons (Fsp3) is 0.650. The summed E-state index contributed by atoms with van der Waals surface area (Å²) >= 11 is 0. The SMILES string of the molecule is CCNC(=NCC(c1ccccc1OC)N1CCCCC1)NC(C)C. The third-order valence-corrected chi connectivity index (χ3v) is 4.52. The van der Waals surface area contributed by atoms with E-state index in [0.717, 1.165) is 37.9 Å². The van der Waals surface area contributed by atoms with Crippen molar-refractivity contribution in [1.82, 2.24) is 15.5 Å². The van der Waals surface area contributed by atoms with Crippen molar-refractivity contribution in [2.24, 2.45) is 4.99 Å². The summed E-state index contributed by atoms with van der Waals surface area (Å²) in [5, 5.41) is 6.75. The molecule has 2 rings (SSSR count).